The summed E-state index contributed by atoms with van der Waals surface area (Å²) >= 11 is 0. The maximum Gasteiger partial charge on any atom is 0.242 e. The molecule has 5 nitrogen and oxygen atoms in total. The Morgan fingerprint density at radius 3 is 2.71 bits per heavy atom. The Morgan fingerprint density at radius 2 is 2.12 bits per heavy atom. The SMILES string of the molecule is CC(C)(N)c1cncn1CC(=O)N1CCCC1. The highest BCUT2D eigenvalue weighted by Gasteiger charge is 2.23. The van der Waals surface area contributed by atoms with Gasteiger partial charge < -0.3 is 15.2 Å². The Labute approximate surface area is 102 Å². The highest BCUT2D eigenvalue weighted by Crippen LogP contribution is 2.17. The van der Waals surface area contributed by atoms with Crippen molar-refractivity contribution < 1.29 is 4.79 Å². The molecule has 0 aliphatic carbocycles. The molecule has 1 aromatic heterocycles. The predicted molar refractivity (Wildman–Crippen MR) is 65.3 cm³/mol. The Kier molecular flexibility index (Phi) is 3.19. The van der Waals surface area contributed by atoms with Gasteiger partial charge in [0.25, 0.3) is 0 Å². The second kappa shape index (κ2) is 4.49. The van der Waals surface area contributed by atoms with Crippen LogP contribution in [-0.2, 0) is 16.9 Å². The van der Waals surface area contributed by atoms with Crippen LogP contribution in [0.4, 0.5) is 0 Å². The molecule has 0 atom stereocenters. The van der Waals surface area contributed by atoms with Crippen LogP contribution < -0.4 is 5.73 Å². The summed E-state index contributed by atoms with van der Waals surface area (Å²) in [5.74, 6) is 0.158. The Hall–Kier alpha value is -1.36. The average molecular weight is 236 g/mol. The fourth-order valence-electron chi connectivity index (χ4n) is 2.20. The summed E-state index contributed by atoms with van der Waals surface area (Å²) < 4.78 is 1.85. The zero-order chi connectivity index (χ0) is 12.5. The Bertz CT molecular complexity index is 399. The Balaban J connectivity index is 2.08. The van der Waals surface area contributed by atoms with Crippen molar-refractivity contribution in [3.8, 4) is 0 Å². The number of aromatic nitrogens is 2. The summed E-state index contributed by atoms with van der Waals surface area (Å²) in [4.78, 5) is 18.0. The van der Waals surface area contributed by atoms with Crippen LogP contribution in [0.15, 0.2) is 12.5 Å². The first-order valence-electron chi connectivity index (χ1n) is 6.06. The first-order chi connectivity index (χ1) is 7.98. The molecule has 0 unspecified atom stereocenters. The number of nitrogens with zero attached hydrogens (tertiary/aromatic N) is 3. The zero-order valence-corrected chi connectivity index (χ0v) is 10.5. The van der Waals surface area contributed by atoms with Crippen molar-refractivity contribution in [3.05, 3.63) is 18.2 Å². The predicted octanol–water partition coefficient (Wildman–Crippen LogP) is 0.699. The van der Waals surface area contributed by atoms with Gasteiger partial charge in [-0.15, -0.1) is 0 Å². The summed E-state index contributed by atoms with van der Waals surface area (Å²) in [7, 11) is 0. The molecular formula is C12H20N4O. The topological polar surface area (TPSA) is 64.1 Å². The van der Waals surface area contributed by atoms with E-state index in [1.807, 2.05) is 23.3 Å². The monoisotopic (exact) mass is 236 g/mol. The van der Waals surface area contributed by atoms with Gasteiger partial charge in [0, 0.05) is 19.3 Å². The van der Waals surface area contributed by atoms with Crippen LogP contribution in [0.1, 0.15) is 32.4 Å². The molecule has 1 saturated heterocycles. The molecule has 1 fully saturated rings. The lowest BCUT2D eigenvalue weighted by atomic mass is 10.0. The molecule has 0 bridgehead atoms. The van der Waals surface area contributed by atoms with E-state index in [0.29, 0.717) is 6.54 Å². The van der Waals surface area contributed by atoms with E-state index in [1.54, 1.807) is 12.5 Å². The van der Waals surface area contributed by atoms with Crippen molar-refractivity contribution >= 4 is 5.91 Å². The van der Waals surface area contributed by atoms with E-state index in [4.69, 9.17) is 5.73 Å². The minimum atomic E-state index is -0.470. The number of imidazole rings is 1. The van der Waals surface area contributed by atoms with E-state index in [1.165, 1.54) is 0 Å². The molecule has 5 heteroatoms. The number of amides is 1. The molecule has 1 aliphatic rings. The standard InChI is InChI=1S/C12H20N4O/c1-12(2,13)10-7-14-9-16(10)8-11(17)15-5-3-4-6-15/h7,9H,3-6,8,13H2,1-2H3. The van der Waals surface area contributed by atoms with Crippen LogP contribution in [0.25, 0.3) is 0 Å². The van der Waals surface area contributed by atoms with Crippen molar-refractivity contribution in [1.29, 1.82) is 0 Å². The van der Waals surface area contributed by atoms with Crippen LogP contribution in [-0.4, -0.2) is 33.4 Å². The second-order valence-electron chi connectivity index (χ2n) is 5.22. The molecule has 2 heterocycles. The van der Waals surface area contributed by atoms with E-state index in [9.17, 15) is 4.79 Å². The minimum Gasteiger partial charge on any atom is -0.341 e. The molecule has 2 rings (SSSR count). The number of nitrogens with two attached hydrogens (primary N) is 1. The summed E-state index contributed by atoms with van der Waals surface area (Å²) in [6, 6.07) is 0. The number of likely N-dealkylation sites (tertiary alicyclic amines) is 1. The molecular weight excluding hydrogens is 216 g/mol. The Morgan fingerprint density at radius 1 is 1.47 bits per heavy atom. The van der Waals surface area contributed by atoms with Crippen molar-refractivity contribution in [2.75, 3.05) is 13.1 Å². The molecule has 0 saturated carbocycles. The van der Waals surface area contributed by atoms with Gasteiger partial charge in [0.2, 0.25) is 5.91 Å². The summed E-state index contributed by atoms with van der Waals surface area (Å²) in [5, 5.41) is 0. The van der Waals surface area contributed by atoms with Gasteiger partial charge in [0.05, 0.1) is 17.6 Å². The lowest BCUT2D eigenvalue weighted by Gasteiger charge is -2.22. The van der Waals surface area contributed by atoms with Crippen LogP contribution in [0.2, 0.25) is 0 Å². The van der Waals surface area contributed by atoms with E-state index in [-0.39, 0.29) is 5.91 Å². The van der Waals surface area contributed by atoms with Gasteiger partial charge in [-0.1, -0.05) is 0 Å². The molecule has 1 aliphatic heterocycles. The molecule has 0 aromatic carbocycles. The zero-order valence-electron chi connectivity index (χ0n) is 10.5. The van der Waals surface area contributed by atoms with Gasteiger partial charge in [0.15, 0.2) is 0 Å². The maximum absolute atomic E-state index is 12.0. The first kappa shape index (κ1) is 12.1. The number of carbonyl (C=O) groups excluding carboxylic acids is 1. The third-order valence-electron chi connectivity index (χ3n) is 3.14. The van der Waals surface area contributed by atoms with Crippen molar-refractivity contribution in [3.63, 3.8) is 0 Å². The smallest absolute Gasteiger partial charge is 0.242 e. The van der Waals surface area contributed by atoms with Gasteiger partial charge in [-0.3, -0.25) is 4.79 Å². The first-order valence-corrected chi connectivity index (χ1v) is 6.06. The fourth-order valence-corrected chi connectivity index (χ4v) is 2.20. The van der Waals surface area contributed by atoms with Crippen LogP contribution in [0.3, 0.4) is 0 Å². The molecule has 0 spiro atoms. The molecule has 1 aromatic rings. The van der Waals surface area contributed by atoms with Gasteiger partial charge in [0.1, 0.15) is 6.54 Å². The number of rotatable bonds is 3. The normalized spacial score (nSPS) is 16.5. The van der Waals surface area contributed by atoms with E-state index < -0.39 is 5.54 Å². The molecule has 2 N–H and O–H groups in total. The summed E-state index contributed by atoms with van der Waals surface area (Å²) in [5.41, 5.74) is 6.47. The highest BCUT2D eigenvalue weighted by molar-refractivity contribution is 5.76. The third-order valence-corrected chi connectivity index (χ3v) is 3.14. The minimum absolute atomic E-state index is 0.158. The fraction of sp³-hybridized carbons (Fsp3) is 0.667. The van der Waals surface area contributed by atoms with E-state index >= 15 is 0 Å². The number of carbonyl (C=O) groups is 1. The van der Waals surface area contributed by atoms with Crippen molar-refractivity contribution in [2.45, 2.75) is 38.8 Å². The molecule has 17 heavy (non-hydrogen) atoms. The third kappa shape index (κ3) is 2.66. The van der Waals surface area contributed by atoms with Gasteiger partial charge in [-0.25, -0.2) is 4.98 Å². The number of hydrogen-bond donors (Lipinski definition) is 1. The lowest BCUT2D eigenvalue weighted by molar-refractivity contribution is -0.130. The lowest BCUT2D eigenvalue weighted by Crippen LogP contribution is -2.35. The van der Waals surface area contributed by atoms with Gasteiger partial charge >= 0.3 is 0 Å². The second-order valence-corrected chi connectivity index (χ2v) is 5.22. The van der Waals surface area contributed by atoms with E-state index in [2.05, 4.69) is 4.98 Å². The molecule has 0 radical (unpaired) electrons. The van der Waals surface area contributed by atoms with Gasteiger partial charge in [-0.05, 0) is 26.7 Å². The quantitative estimate of drug-likeness (QED) is 0.840. The summed E-state index contributed by atoms with van der Waals surface area (Å²) in [6.45, 7) is 5.95. The van der Waals surface area contributed by atoms with Crippen LogP contribution >= 0.6 is 0 Å². The van der Waals surface area contributed by atoms with E-state index in [0.717, 1.165) is 31.6 Å². The maximum atomic E-state index is 12.0. The molecule has 1 amide bonds. The molecule has 94 valence electrons. The number of hydrogen-bond acceptors (Lipinski definition) is 3. The van der Waals surface area contributed by atoms with Gasteiger partial charge in [-0.2, -0.15) is 0 Å². The summed E-state index contributed by atoms with van der Waals surface area (Å²) in [6.07, 6.45) is 5.64. The van der Waals surface area contributed by atoms with Crippen molar-refractivity contribution in [1.82, 2.24) is 14.5 Å². The van der Waals surface area contributed by atoms with Crippen LogP contribution in [0.5, 0.6) is 0 Å². The average Bonchev–Trinajstić information content (AvgIpc) is 2.85. The van der Waals surface area contributed by atoms with Crippen LogP contribution in [0, 0.1) is 0 Å². The largest absolute Gasteiger partial charge is 0.341 e. The van der Waals surface area contributed by atoms with Crippen molar-refractivity contribution in [2.24, 2.45) is 5.73 Å². The highest BCUT2D eigenvalue weighted by atomic mass is 16.2.